The molecule has 20 heavy (non-hydrogen) atoms. The van der Waals surface area contributed by atoms with Crippen LogP contribution in [-0.4, -0.2) is 37.0 Å². The highest BCUT2D eigenvalue weighted by Crippen LogP contribution is 2.09. The van der Waals surface area contributed by atoms with Crippen molar-refractivity contribution in [1.29, 1.82) is 0 Å². The molecular weight excluding hydrogens is 250 g/mol. The molecule has 1 aromatic rings. The van der Waals surface area contributed by atoms with Crippen LogP contribution in [0, 0.1) is 0 Å². The molecule has 1 amide bonds. The van der Waals surface area contributed by atoms with E-state index in [0.29, 0.717) is 11.3 Å². The number of unbranched alkanes of at least 4 members (excludes halogenated alkanes) is 1. The molecule has 0 aliphatic carbocycles. The van der Waals surface area contributed by atoms with Crippen LogP contribution in [0.1, 0.15) is 42.5 Å². The third-order valence-corrected chi connectivity index (χ3v) is 3.81. The summed E-state index contributed by atoms with van der Waals surface area (Å²) in [6.45, 7) is 4.41. The molecule has 3 N–H and O–H groups in total. The third-order valence-electron chi connectivity index (χ3n) is 3.81. The van der Waals surface area contributed by atoms with E-state index in [1.165, 1.54) is 32.4 Å². The van der Waals surface area contributed by atoms with E-state index in [1.54, 1.807) is 24.3 Å². The number of nitrogens with one attached hydrogen (secondary N) is 1. The smallest absolute Gasteiger partial charge is 0.251 e. The molecule has 1 aromatic carbocycles. The van der Waals surface area contributed by atoms with Gasteiger partial charge in [0.1, 0.15) is 0 Å². The summed E-state index contributed by atoms with van der Waals surface area (Å²) in [4.78, 5) is 14.4. The Morgan fingerprint density at radius 3 is 2.50 bits per heavy atom. The molecule has 1 saturated heterocycles. The monoisotopic (exact) mass is 275 g/mol. The highest BCUT2D eigenvalue weighted by molar-refractivity contribution is 5.94. The van der Waals surface area contributed by atoms with Crippen molar-refractivity contribution in [3.8, 4) is 0 Å². The number of benzene rings is 1. The van der Waals surface area contributed by atoms with Crippen LogP contribution < -0.4 is 11.1 Å². The average molecular weight is 275 g/mol. The Hall–Kier alpha value is -1.55. The zero-order chi connectivity index (χ0) is 14.2. The summed E-state index contributed by atoms with van der Waals surface area (Å²) in [5.41, 5.74) is 6.96. The van der Waals surface area contributed by atoms with Gasteiger partial charge in [-0.2, -0.15) is 0 Å². The standard InChI is InChI=1S/C16H25N3O/c17-15-8-6-14(7-9-15)16(20)18-10-2-5-13-19-11-3-1-4-12-19/h6-9H,1-5,10-13,17H2,(H,18,20). The Bertz CT molecular complexity index is 410. The van der Waals surface area contributed by atoms with Gasteiger partial charge >= 0.3 is 0 Å². The van der Waals surface area contributed by atoms with E-state index in [4.69, 9.17) is 5.73 Å². The van der Waals surface area contributed by atoms with Gasteiger partial charge in [-0.3, -0.25) is 4.79 Å². The van der Waals surface area contributed by atoms with Crippen molar-refractivity contribution in [1.82, 2.24) is 10.2 Å². The van der Waals surface area contributed by atoms with Crippen LogP contribution in [0.2, 0.25) is 0 Å². The quantitative estimate of drug-likeness (QED) is 0.618. The molecule has 0 radical (unpaired) electrons. The fraction of sp³-hybridized carbons (Fsp3) is 0.562. The fourth-order valence-corrected chi connectivity index (χ4v) is 2.58. The van der Waals surface area contributed by atoms with Crippen molar-refractivity contribution in [3.05, 3.63) is 29.8 Å². The molecule has 1 aliphatic heterocycles. The first kappa shape index (κ1) is 14.9. The molecule has 4 nitrogen and oxygen atoms in total. The van der Waals surface area contributed by atoms with Gasteiger partial charge in [0.15, 0.2) is 0 Å². The SMILES string of the molecule is Nc1ccc(C(=O)NCCCCN2CCCCC2)cc1. The Morgan fingerprint density at radius 2 is 1.80 bits per heavy atom. The summed E-state index contributed by atoms with van der Waals surface area (Å²) in [7, 11) is 0. The number of amides is 1. The summed E-state index contributed by atoms with van der Waals surface area (Å²) < 4.78 is 0. The maximum Gasteiger partial charge on any atom is 0.251 e. The number of nitrogen functional groups attached to an aromatic ring is 1. The Labute approximate surface area is 121 Å². The van der Waals surface area contributed by atoms with E-state index in [0.717, 1.165) is 25.9 Å². The van der Waals surface area contributed by atoms with Crippen molar-refractivity contribution in [3.63, 3.8) is 0 Å². The Balaban J connectivity index is 1.58. The van der Waals surface area contributed by atoms with Crippen molar-refractivity contribution in [2.45, 2.75) is 32.1 Å². The van der Waals surface area contributed by atoms with Crippen molar-refractivity contribution >= 4 is 11.6 Å². The largest absolute Gasteiger partial charge is 0.399 e. The van der Waals surface area contributed by atoms with Gasteiger partial charge < -0.3 is 16.0 Å². The molecular formula is C16H25N3O. The highest BCUT2D eigenvalue weighted by Gasteiger charge is 2.09. The van der Waals surface area contributed by atoms with Crippen LogP contribution in [0.15, 0.2) is 24.3 Å². The first-order valence-electron chi connectivity index (χ1n) is 7.62. The van der Waals surface area contributed by atoms with Gasteiger partial charge in [-0.05, 0) is 69.6 Å². The van der Waals surface area contributed by atoms with Crippen molar-refractivity contribution in [2.24, 2.45) is 0 Å². The Morgan fingerprint density at radius 1 is 1.10 bits per heavy atom. The van der Waals surface area contributed by atoms with Gasteiger partial charge in [0, 0.05) is 17.8 Å². The van der Waals surface area contributed by atoms with Crippen LogP contribution in [-0.2, 0) is 0 Å². The number of anilines is 1. The molecule has 1 aliphatic rings. The molecule has 1 fully saturated rings. The number of hydrogen-bond donors (Lipinski definition) is 2. The normalized spacial score (nSPS) is 16.0. The summed E-state index contributed by atoms with van der Waals surface area (Å²) >= 11 is 0. The summed E-state index contributed by atoms with van der Waals surface area (Å²) in [5.74, 6) is -0.0111. The summed E-state index contributed by atoms with van der Waals surface area (Å²) in [6.07, 6.45) is 6.26. The molecule has 0 unspecified atom stereocenters. The van der Waals surface area contributed by atoms with E-state index in [1.807, 2.05) is 0 Å². The number of rotatable bonds is 6. The van der Waals surface area contributed by atoms with Crippen molar-refractivity contribution in [2.75, 3.05) is 31.9 Å². The first-order chi connectivity index (χ1) is 9.75. The molecule has 4 heteroatoms. The van der Waals surface area contributed by atoms with E-state index in [9.17, 15) is 4.79 Å². The number of hydrogen-bond acceptors (Lipinski definition) is 3. The zero-order valence-electron chi connectivity index (χ0n) is 12.1. The number of piperidine rings is 1. The van der Waals surface area contributed by atoms with Crippen LogP contribution in [0.4, 0.5) is 5.69 Å². The molecule has 110 valence electrons. The van der Waals surface area contributed by atoms with Gasteiger partial charge in [-0.15, -0.1) is 0 Å². The summed E-state index contributed by atoms with van der Waals surface area (Å²) in [6, 6.07) is 7.04. The van der Waals surface area contributed by atoms with Gasteiger partial charge in [-0.1, -0.05) is 6.42 Å². The molecule has 0 saturated carbocycles. The van der Waals surface area contributed by atoms with E-state index < -0.39 is 0 Å². The lowest BCUT2D eigenvalue weighted by atomic mass is 10.1. The number of nitrogens with two attached hydrogens (primary N) is 1. The second-order valence-corrected chi connectivity index (χ2v) is 5.49. The number of carbonyl (C=O) groups is 1. The lowest BCUT2D eigenvalue weighted by Gasteiger charge is -2.26. The minimum Gasteiger partial charge on any atom is -0.399 e. The number of nitrogens with zero attached hydrogens (tertiary/aromatic N) is 1. The van der Waals surface area contributed by atoms with Gasteiger partial charge in [0.25, 0.3) is 5.91 Å². The second kappa shape index (κ2) is 7.90. The van der Waals surface area contributed by atoms with Crippen LogP contribution in [0.25, 0.3) is 0 Å². The molecule has 1 heterocycles. The van der Waals surface area contributed by atoms with Gasteiger partial charge in [-0.25, -0.2) is 0 Å². The average Bonchev–Trinajstić information content (AvgIpc) is 2.48. The highest BCUT2D eigenvalue weighted by atomic mass is 16.1. The predicted molar refractivity (Wildman–Crippen MR) is 82.7 cm³/mol. The minimum absolute atomic E-state index is 0.0111. The third kappa shape index (κ3) is 4.85. The lowest BCUT2D eigenvalue weighted by Crippen LogP contribution is -2.31. The predicted octanol–water partition coefficient (Wildman–Crippen LogP) is 2.26. The minimum atomic E-state index is -0.0111. The lowest BCUT2D eigenvalue weighted by molar-refractivity contribution is 0.0952. The first-order valence-corrected chi connectivity index (χ1v) is 7.62. The van der Waals surface area contributed by atoms with Crippen molar-refractivity contribution < 1.29 is 4.79 Å². The molecule has 0 bridgehead atoms. The van der Waals surface area contributed by atoms with Gasteiger partial charge in [0.05, 0.1) is 0 Å². The second-order valence-electron chi connectivity index (χ2n) is 5.49. The van der Waals surface area contributed by atoms with Gasteiger partial charge in [0.2, 0.25) is 0 Å². The van der Waals surface area contributed by atoms with E-state index in [2.05, 4.69) is 10.2 Å². The molecule has 0 aromatic heterocycles. The Kier molecular flexibility index (Phi) is 5.87. The van der Waals surface area contributed by atoms with Crippen LogP contribution in [0.5, 0.6) is 0 Å². The zero-order valence-corrected chi connectivity index (χ0v) is 12.1. The summed E-state index contributed by atoms with van der Waals surface area (Å²) in [5, 5.41) is 2.96. The van der Waals surface area contributed by atoms with E-state index >= 15 is 0 Å². The van der Waals surface area contributed by atoms with E-state index in [-0.39, 0.29) is 5.91 Å². The molecule has 0 spiro atoms. The number of carbonyl (C=O) groups excluding carboxylic acids is 1. The fourth-order valence-electron chi connectivity index (χ4n) is 2.58. The number of likely N-dealkylation sites (tertiary alicyclic amines) is 1. The molecule has 2 rings (SSSR count). The van der Waals surface area contributed by atoms with Crippen LogP contribution >= 0.6 is 0 Å². The molecule has 0 atom stereocenters. The maximum absolute atomic E-state index is 11.9. The maximum atomic E-state index is 11.9. The van der Waals surface area contributed by atoms with Crippen LogP contribution in [0.3, 0.4) is 0 Å². The topological polar surface area (TPSA) is 58.4 Å².